The number of urea groups is 1. The second-order valence-electron chi connectivity index (χ2n) is 6.91. The maximum atomic E-state index is 12.4. The highest BCUT2D eigenvalue weighted by Gasteiger charge is 2.22. The molecule has 28 heavy (non-hydrogen) atoms. The molecule has 2 atom stereocenters. The Morgan fingerprint density at radius 3 is 2.89 bits per heavy atom. The first-order valence-electron chi connectivity index (χ1n) is 9.40. The number of ether oxygens (including phenoxy) is 1. The Labute approximate surface area is 165 Å². The third kappa shape index (κ3) is 5.21. The van der Waals surface area contributed by atoms with E-state index in [2.05, 4.69) is 38.8 Å². The minimum atomic E-state index is -0.441. The summed E-state index contributed by atoms with van der Waals surface area (Å²) in [5.74, 6) is 3.95. The van der Waals surface area contributed by atoms with Crippen LogP contribution in [0.25, 0.3) is 0 Å². The van der Waals surface area contributed by atoms with Crippen molar-refractivity contribution in [3.8, 4) is 18.1 Å². The van der Waals surface area contributed by atoms with E-state index in [-0.39, 0.29) is 6.10 Å². The first kappa shape index (κ1) is 19.6. The predicted octanol–water partition coefficient (Wildman–Crippen LogP) is 3.18. The maximum absolute atomic E-state index is 12.4. The van der Waals surface area contributed by atoms with Gasteiger partial charge in [0.2, 0.25) is 0 Å². The van der Waals surface area contributed by atoms with Crippen molar-refractivity contribution in [2.75, 3.05) is 23.7 Å². The van der Waals surface area contributed by atoms with Crippen molar-refractivity contribution < 1.29 is 9.53 Å². The van der Waals surface area contributed by atoms with E-state index in [0.29, 0.717) is 28.7 Å². The van der Waals surface area contributed by atoms with Crippen LogP contribution in [0.5, 0.6) is 5.75 Å². The lowest BCUT2D eigenvalue weighted by atomic mass is 9.94. The van der Waals surface area contributed by atoms with E-state index in [0.717, 1.165) is 31.6 Å². The van der Waals surface area contributed by atoms with Gasteiger partial charge < -0.3 is 15.4 Å². The van der Waals surface area contributed by atoms with Gasteiger partial charge in [0.05, 0.1) is 23.8 Å². The molecule has 2 unspecified atom stereocenters. The van der Waals surface area contributed by atoms with Gasteiger partial charge in [0.25, 0.3) is 0 Å². The van der Waals surface area contributed by atoms with Gasteiger partial charge in [-0.05, 0) is 51.4 Å². The normalized spacial score (nSPS) is 17.2. The van der Waals surface area contributed by atoms with Gasteiger partial charge in [-0.1, -0.05) is 5.92 Å². The van der Waals surface area contributed by atoms with E-state index in [1.54, 1.807) is 24.4 Å². The summed E-state index contributed by atoms with van der Waals surface area (Å²) in [6.07, 6.45) is 10.9. The van der Waals surface area contributed by atoms with Gasteiger partial charge >= 0.3 is 6.03 Å². The molecular weight excluding hydrogens is 354 g/mol. The molecule has 1 fully saturated rings. The van der Waals surface area contributed by atoms with Crippen LogP contribution in [0.15, 0.2) is 30.6 Å². The zero-order valence-corrected chi connectivity index (χ0v) is 16.2. The summed E-state index contributed by atoms with van der Waals surface area (Å²) >= 11 is 0. The monoisotopic (exact) mass is 379 g/mol. The number of aryl methyl sites for hydroxylation is 1. The number of nitrogens with one attached hydrogen (secondary N) is 3. The number of hydrogen-bond acceptors (Lipinski definition) is 5. The molecule has 2 amide bonds. The van der Waals surface area contributed by atoms with E-state index >= 15 is 0 Å². The fourth-order valence-corrected chi connectivity index (χ4v) is 3.12. The number of carbonyl (C=O) groups is 1. The predicted molar refractivity (Wildman–Crippen MR) is 109 cm³/mol. The molecule has 1 aliphatic rings. The minimum Gasteiger partial charge on any atom is -0.488 e. The van der Waals surface area contributed by atoms with Crippen molar-refractivity contribution >= 4 is 17.5 Å². The van der Waals surface area contributed by atoms with Gasteiger partial charge in [0.15, 0.2) is 5.82 Å². The fourth-order valence-electron chi connectivity index (χ4n) is 3.12. The molecule has 1 saturated heterocycles. The Hall–Kier alpha value is -3.11. The van der Waals surface area contributed by atoms with Gasteiger partial charge in [-0.2, -0.15) is 0 Å². The summed E-state index contributed by atoms with van der Waals surface area (Å²) in [5.41, 5.74) is 1.95. The molecule has 1 aromatic carbocycles. The molecule has 7 heteroatoms. The summed E-state index contributed by atoms with van der Waals surface area (Å²) < 4.78 is 6.17. The average molecular weight is 379 g/mol. The SMILES string of the molecule is C#Cc1ccc(OC(C)C2CCCNC2)c(NC(=O)Nc2cnc(C)cn2)c1. The van der Waals surface area contributed by atoms with Crippen LogP contribution in [-0.4, -0.2) is 35.2 Å². The van der Waals surface area contributed by atoms with E-state index in [1.165, 1.54) is 6.20 Å². The lowest BCUT2D eigenvalue weighted by Crippen LogP contribution is -2.38. The Kier molecular flexibility index (Phi) is 6.45. The number of nitrogens with zero attached hydrogens (tertiary/aromatic N) is 2. The van der Waals surface area contributed by atoms with Crippen LogP contribution in [0.2, 0.25) is 0 Å². The van der Waals surface area contributed by atoms with Crippen LogP contribution in [-0.2, 0) is 0 Å². The van der Waals surface area contributed by atoms with Crippen molar-refractivity contribution in [2.24, 2.45) is 5.92 Å². The number of anilines is 2. The molecule has 1 aliphatic heterocycles. The third-order valence-corrected chi connectivity index (χ3v) is 4.73. The third-order valence-electron chi connectivity index (χ3n) is 4.73. The second kappa shape index (κ2) is 9.20. The molecule has 0 spiro atoms. The van der Waals surface area contributed by atoms with Gasteiger partial charge in [-0.25, -0.2) is 9.78 Å². The number of carbonyl (C=O) groups excluding carboxylic acids is 1. The molecule has 0 bridgehead atoms. The standard InChI is InChI=1S/C21H25N5O2/c1-4-16-7-8-19(28-15(3)17-6-5-9-22-12-17)18(10-16)25-21(27)26-20-13-23-14(2)11-24-20/h1,7-8,10-11,13,15,17,22H,5-6,9,12H2,2-3H3,(H2,24,25,26,27). The average Bonchev–Trinajstić information content (AvgIpc) is 2.71. The summed E-state index contributed by atoms with van der Waals surface area (Å²) in [6, 6.07) is 4.88. The number of benzene rings is 1. The van der Waals surface area contributed by atoms with E-state index in [1.807, 2.05) is 6.92 Å². The van der Waals surface area contributed by atoms with E-state index in [9.17, 15) is 4.79 Å². The van der Waals surface area contributed by atoms with Crippen LogP contribution < -0.4 is 20.7 Å². The molecule has 3 N–H and O–H groups in total. The minimum absolute atomic E-state index is 0.0102. The molecule has 0 aliphatic carbocycles. The summed E-state index contributed by atoms with van der Waals surface area (Å²) in [4.78, 5) is 20.6. The molecule has 3 rings (SSSR count). The molecule has 1 aromatic heterocycles. The molecule has 0 radical (unpaired) electrons. The van der Waals surface area contributed by atoms with Crippen molar-refractivity contribution in [1.29, 1.82) is 0 Å². The van der Waals surface area contributed by atoms with Crippen molar-refractivity contribution in [3.63, 3.8) is 0 Å². The maximum Gasteiger partial charge on any atom is 0.325 e. The van der Waals surface area contributed by atoms with Crippen molar-refractivity contribution in [3.05, 3.63) is 41.9 Å². The lowest BCUT2D eigenvalue weighted by molar-refractivity contribution is 0.132. The number of hydrogen-bond donors (Lipinski definition) is 3. The Balaban J connectivity index is 1.71. The Morgan fingerprint density at radius 2 is 2.21 bits per heavy atom. The Morgan fingerprint density at radius 1 is 1.36 bits per heavy atom. The smallest absolute Gasteiger partial charge is 0.325 e. The lowest BCUT2D eigenvalue weighted by Gasteiger charge is -2.29. The highest BCUT2D eigenvalue weighted by Crippen LogP contribution is 2.29. The van der Waals surface area contributed by atoms with Crippen LogP contribution in [0.4, 0.5) is 16.3 Å². The van der Waals surface area contributed by atoms with Crippen molar-refractivity contribution in [1.82, 2.24) is 15.3 Å². The molecular formula is C21H25N5O2. The zero-order chi connectivity index (χ0) is 19.9. The van der Waals surface area contributed by atoms with Crippen LogP contribution in [0.1, 0.15) is 31.0 Å². The summed E-state index contributed by atoms with van der Waals surface area (Å²) in [5, 5.41) is 8.86. The number of terminal acetylenes is 1. The van der Waals surface area contributed by atoms with Gasteiger partial charge in [0, 0.05) is 18.0 Å². The van der Waals surface area contributed by atoms with E-state index < -0.39 is 6.03 Å². The quantitative estimate of drug-likeness (QED) is 0.695. The van der Waals surface area contributed by atoms with Crippen LogP contribution in [0.3, 0.4) is 0 Å². The van der Waals surface area contributed by atoms with Gasteiger partial charge in [-0.15, -0.1) is 6.42 Å². The van der Waals surface area contributed by atoms with Crippen LogP contribution in [0, 0.1) is 25.2 Å². The van der Waals surface area contributed by atoms with E-state index in [4.69, 9.17) is 11.2 Å². The van der Waals surface area contributed by atoms with Crippen molar-refractivity contribution in [2.45, 2.75) is 32.8 Å². The Bertz CT molecular complexity index is 854. The molecule has 2 aromatic rings. The summed E-state index contributed by atoms with van der Waals surface area (Å²) in [7, 11) is 0. The fraction of sp³-hybridized carbons (Fsp3) is 0.381. The number of aromatic nitrogens is 2. The van der Waals surface area contributed by atoms with Crippen LogP contribution >= 0.6 is 0 Å². The number of amides is 2. The highest BCUT2D eigenvalue weighted by molar-refractivity contribution is 6.00. The number of rotatable bonds is 5. The topological polar surface area (TPSA) is 88.2 Å². The zero-order valence-electron chi connectivity index (χ0n) is 16.2. The number of piperidine rings is 1. The molecule has 0 saturated carbocycles. The molecule has 146 valence electrons. The van der Waals surface area contributed by atoms with Gasteiger partial charge in [0.1, 0.15) is 11.9 Å². The summed E-state index contributed by atoms with van der Waals surface area (Å²) in [6.45, 7) is 5.86. The van der Waals surface area contributed by atoms with Gasteiger partial charge in [-0.3, -0.25) is 10.3 Å². The first-order chi connectivity index (χ1) is 13.5. The molecule has 2 heterocycles. The largest absolute Gasteiger partial charge is 0.488 e. The second-order valence-corrected chi connectivity index (χ2v) is 6.91. The highest BCUT2D eigenvalue weighted by atomic mass is 16.5. The first-order valence-corrected chi connectivity index (χ1v) is 9.40. The molecule has 7 nitrogen and oxygen atoms in total.